The number of nitrogens with zero attached hydrogens (tertiary/aromatic N) is 1. The van der Waals surface area contributed by atoms with Crippen LogP contribution in [0.2, 0.25) is 0 Å². The maximum atomic E-state index is 13.2. The summed E-state index contributed by atoms with van der Waals surface area (Å²) >= 11 is 0. The smallest absolute Gasteiger partial charge is 0.220 e. The van der Waals surface area contributed by atoms with E-state index in [2.05, 4.69) is 23.7 Å². The zero-order valence-electron chi connectivity index (χ0n) is 21.0. The van der Waals surface area contributed by atoms with Gasteiger partial charge in [0.05, 0.1) is 17.1 Å². The first-order chi connectivity index (χ1) is 16.9. The number of ether oxygens (including phenoxy) is 1. The average molecular weight is 481 g/mol. The van der Waals surface area contributed by atoms with Crippen molar-refractivity contribution in [2.75, 3.05) is 13.1 Å². The van der Waals surface area contributed by atoms with Crippen LogP contribution in [0.1, 0.15) is 75.8 Å². The Balaban J connectivity index is 1.30. The fourth-order valence-corrected chi connectivity index (χ4v) is 8.59. The number of phenols is 1. The van der Waals surface area contributed by atoms with E-state index in [4.69, 9.17) is 4.74 Å². The maximum Gasteiger partial charge on any atom is 0.220 e. The van der Waals surface area contributed by atoms with E-state index in [1.807, 2.05) is 12.1 Å². The Morgan fingerprint density at radius 3 is 2.86 bits per heavy atom. The molecule has 3 unspecified atom stereocenters. The maximum absolute atomic E-state index is 13.2. The number of piperidine rings is 1. The van der Waals surface area contributed by atoms with Crippen molar-refractivity contribution in [3.63, 3.8) is 0 Å². The van der Waals surface area contributed by atoms with Crippen molar-refractivity contribution in [3.05, 3.63) is 35.9 Å². The van der Waals surface area contributed by atoms with Gasteiger partial charge < -0.3 is 20.3 Å². The van der Waals surface area contributed by atoms with Crippen molar-refractivity contribution in [2.24, 2.45) is 11.8 Å². The molecule has 35 heavy (non-hydrogen) atoms. The van der Waals surface area contributed by atoms with Crippen LogP contribution in [0.15, 0.2) is 24.8 Å². The molecule has 1 aromatic rings. The summed E-state index contributed by atoms with van der Waals surface area (Å²) in [6.07, 6.45) is 11.2. The number of carbonyl (C=O) groups excluding carboxylic acids is 1. The Kier molecular flexibility index (Phi) is 5.68. The minimum atomic E-state index is -0.957. The summed E-state index contributed by atoms with van der Waals surface area (Å²) in [6, 6.07) is 3.52. The van der Waals surface area contributed by atoms with Crippen LogP contribution in [-0.2, 0) is 16.6 Å². The first-order valence-electron chi connectivity index (χ1n) is 13.8. The van der Waals surface area contributed by atoms with Crippen molar-refractivity contribution in [1.29, 1.82) is 0 Å². The first kappa shape index (κ1) is 23.4. The highest BCUT2D eigenvalue weighted by molar-refractivity contribution is 5.77. The summed E-state index contributed by atoms with van der Waals surface area (Å²) in [4.78, 5) is 15.6. The van der Waals surface area contributed by atoms with E-state index in [0.29, 0.717) is 36.8 Å². The van der Waals surface area contributed by atoms with Crippen molar-refractivity contribution in [1.82, 2.24) is 10.2 Å². The zero-order valence-corrected chi connectivity index (χ0v) is 21.0. The summed E-state index contributed by atoms with van der Waals surface area (Å²) < 4.78 is 6.54. The number of phenolic OH excluding ortho intramolecular Hbond substituents is 1. The normalized spacial score (nSPS) is 36.7. The Labute approximate surface area is 208 Å². The molecule has 6 rings (SSSR count). The molecule has 6 nitrogen and oxygen atoms in total. The molecule has 3 N–H and O–H groups in total. The van der Waals surface area contributed by atoms with Gasteiger partial charge in [0.2, 0.25) is 5.91 Å². The highest BCUT2D eigenvalue weighted by Crippen LogP contribution is 2.65. The fraction of sp³-hybridized carbons (Fsp3) is 0.690. The topological polar surface area (TPSA) is 82.0 Å². The number of hydrogen-bond donors (Lipinski definition) is 3. The summed E-state index contributed by atoms with van der Waals surface area (Å²) in [6.45, 7) is 7.75. The summed E-state index contributed by atoms with van der Waals surface area (Å²) in [5.41, 5.74) is 0.583. The molecule has 3 aliphatic carbocycles. The Hall–Kier alpha value is -2.05. The number of aliphatic hydroxyl groups is 1. The first-order valence-corrected chi connectivity index (χ1v) is 13.8. The molecular weight excluding hydrogens is 440 g/mol. The molecule has 3 fully saturated rings. The lowest BCUT2D eigenvalue weighted by Gasteiger charge is -2.64. The van der Waals surface area contributed by atoms with Crippen LogP contribution < -0.4 is 10.1 Å². The molecule has 1 amide bonds. The Bertz CT molecular complexity index is 1020. The van der Waals surface area contributed by atoms with Crippen molar-refractivity contribution in [2.45, 2.75) is 100 Å². The quantitative estimate of drug-likeness (QED) is 0.539. The second-order valence-corrected chi connectivity index (χ2v) is 11.9. The van der Waals surface area contributed by atoms with Crippen molar-refractivity contribution in [3.8, 4) is 11.5 Å². The van der Waals surface area contributed by atoms with Gasteiger partial charge in [-0.25, -0.2) is 0 Å². The van der Waals surface area contributed by atoms with Gasteiger partial charge in [0.15, 0.2) is 11.5 Å². The predicted molar refractivity (Wildman–Crippen MR) is 135 cm³/mol. The van der Waals surface area contributed by atoms with Gasteiger partial charge in [0.1, 0.15) is 6.10 Å². The van der Waals surface area contributed by atoms with Gasteiger partial charge in [-0.1, -0.05) is 51.2 Å². The highest BCUT2D eigenvalue weighted by Gasteiger charge is 2.73. The van der Waals surface area contributed by atoms with Crippen LogP contribution in [0, 0.1) is 11.8 Å². The lowest BCUT2D eigenvalue weighted by Crippen LogP contribution is -2.78. The van der Waals surface area contributed by atoms with Gasteiger partial charge in [-0.3, -0.25) is 9.69 Å². The van der Waals surface area contributed by atoms with E-state index < -0.39 is 11.0 Å². The van der Waals surface area contributed by atoms with E-state index >= 15 is 0 Å². The van der Waals surface area contributed by atoms with Gasteiger partial charge in [0.25, 0.3) is 0 Å². The van der Waals surface area contributed by atoms with E-state index in [-0.39, 0.29) is 29.8 Å². The molecule has 1 saturated heterocycles. The third kappa shape index (κ3) is 3.32. The lowest BCUT2D eigenvalue weighted by molar-refractivity contribution is -0.190. The third-order valence-corrected chi connectivity index (χ3v) is 10.2. The molecule has 2 heterocycles. The fourth-order valence-electron chi connectivity index (χ4n) is 8.59. The van der Waals surface area contributed by atoms with Crippen LogP contribution in [0.4, 0.5) is 0 Å². The molecule has 2 saturated carbocycles. The standard InChI is InChI=1S/C29H40N2O4/c1-3-14-31-15-13-28-25-20-9-10-22(32)26(25)35-27(28)21(11-12-29(28,34)23(31)17-20)30-24(33)16-18(2)19-7-5-4-6-8-19/h3,9-10,18-19,21,23,27,32,34H,1,4-8,11-17H2,2H3,(H,30,33)/t18?,21?,23-,27?,28+,29-/m1/s1. The SMILES string of the molecule is C=CCN1CC[C@]23c4c5ccc(O)c4OC2C(NC(=O)CC(C)C2CCCCC2)CC[C@@]3(O)[C@H]1C5. The predicted octanol–water partition coefficient (Wildman–Crippen LogP) is 3.82. The highest BCUT2D eigenvalue weighted by atomic mass is 16.5. The van der Waals surface area contributed by atoms with E-state index in [1.165, 1.54) is 32.1 Å². The molecule has 6 atom stereocenters. The monoisotopic (exact) mass is 480 g/mol. The molecule has 6 heteroatoms. The van der Waals surface area contributed by atoms with E-state index in [0.717, 1.165) is 37.1 Å². The molecule has 0 radical (unpaired) electrons. The largest absolute Gasteiger partial charge is 0.504 e. The second kappa shape index (κ2) is 8.52. The summed E-state index contributed by atoms with van der Waals surface area (Å²) in [5.74, 6) is 1.78. The minimum absolute atomic E-state index is 0.0219. The molecular formula is C29H40N2O4. The van der Waals surface area contributed by atoms with Crippen molar-refractivity contribution >= 4 is 5.91 Å². The molecule has 1 spiro atoms. The van der Waals surface area contributed by atoms with Crippen molar-refractivity contribution < 1.29 is 19.7 Å². The second-order valence-electron chi connectivity index (χ2n) is 11.9. The number of carbonyl (C=O) groups is 1. The Morgan fingerprint density at radius 2 is 2.09 bits per heavy atom. The van der Waals surface area contributed by atoms with Gasteiger partial charge >= 0.3 is 0 Å². The number of nitrogens with one attached hydrogen (secondary N) is 1. The molecule has 2 bridgehead atoms. The van der Waals surface area contributed by atoms with E-state index in [1.54, 1.807) is 6.07 Å². The minimum Gasteiger partial charge on any atom is -0.504 e. The van der Waals surface area contributed by atoms with Crippen LogP contribution in [0.3, 0.4) is 0 Å². The molecule has 2 aliphatic heterocycles. The number of hydrogen-bond acceptors (Lipinski definition) is 5. The van der Waals surface area contributed by atoms with Gasteiger partial charge in [0, 0.05) is 24.6 Å². The van der Waals surface area contributed by atoms with E-state index in [9.17, 15) is 15.0 Å². The number of rotatable bonds is 6. The number of aromatic hydroxyl groups is 1. The molecule has 1 aromatic carbocycles. The van der Waals surface area contributed by atoms with Gasteiger partial charge in [-0.2, -0.15) is 0 Å². The summed E-state index contributed by atoms with van der Waals surface area (Å²) in [7, 11) is 0. The average Bonchev–Trinajstić information content (AvgIpc) is 3.21. The third-order valence-electron chi connectivity index (χ3n) is 10.2. The molecule has 5 aliphatic rings. The number of likely N-dealkylation sites (tertiary alicyclic amines) is 1. The summed E-state index contributed by atoms with van der Waals surface area (Å²) in [5, 5.41) is 26.5. The molecule has 190 valence electrons. The zero-order chi connectivity index (χ0) is 24.4. The van der Waals surface area contributed by atoms with Crippen LogP contribution in [0.5, 0.6) is 11.5 Å². The number of benzene rings is 1. The van der Waals surface area contributed by atoms with Crippen LogP contribution >= 0.6 is 0 Å². The lowest BCUT2D eigenvalue weighted by atomic mass is 9.48. The van der Waals surface area contributed by atoms with Gasteiger partial charge in [-0.05, 0) is 55.7 Å². The van der Waals surface area contributed by atoms with Gasteiger partial charge in [-0.15, -0.1) is 6.58 Å². The van der Waals surface area contributed by atoms with Crippen LogP contribution in [-0.4, -0.2) is 57.9 Å². The number of amides is 1. The molecule has 0 aromatic heterocycles. The van der Waals surface area contributed by atoms with Crippen LogP contribution in [0.25, 0.3) is 0 Å². The Morgan fingerprint density at radius 1 is 1.29 bits per heavy atom.